The van der Waals surface area contributed by atoms with Crippen LogP contribution in [-0.4, -0.2) is 48.1 Å². The molecule has 0 unspecified atom stereocenters. The van der Waals surface area contributed by atoms with Crippen LogP contribution in [-0.2, 0) is 9.47 Å². The van der Waals surface area contributed by atoms with Crippen molar-refractivity contribution in [3.05, 3.63) is 91.9 Å². The Morgan fingerprint density at radius 2 is 1.03 bits per heavy atom. The Morgan fingerprint density at radius 3 is 1.34 bits per heavy atom. The van der Waals surface area contributed by atoms with Crippen molar-refractivity contribution in [2.75, 3.05) is 14.2 Å². The van der Waals surface area contributed by atoms with E-state index >= 15 is 0 Å². The number of H-pyrrole nitrogens is 2. The van der Waals surface area contributed by atoms with Gasteiger partial charge in [-0.2, -0.15) is 0 Å². The van der Waals surface area contributed by atoms with Gasteiger partial charge in [-0.25, -0.2) is 19.2 Å². The van der Waals surface area contributed by atoms with Crippen LogP contribution >= 0.6 is 0 Å². The van der Waals surface area contributed by atoms with Gasteiger partial charge < -0.3 is 9.47 Å². The van der Waals surface area contributed by atoms with Crippen LogP contribution < -0.4 is 20.6 Å². The summed E-state index contributed by atoms with van der Waals surface area (Å²) < 4.78 is 21.9. The molecule has 14 nitrogen and oxygen atoms in total. The Balaban J connectivity index is 1.66. The lowest BCUT2D eigenvalue weighted by Crippen LogP contribution is -2.41. The zero-order valence-electron chi connectivity index (χ0n) is 20.7. The van der Waals surface area contributed by atoms with E-state index in [-0.39, 0.29) is 22.8 Å². The smallest absolute Gasteiger partial charge is 0.437 e. The fourth-order valence-electron chi connectivity index (χ4n) is 3.50. The van der Waals surface area contributed by atoms with Crippen LogP contribution in [0.5, 0.6) is 0 Å². The van der Waals surface area contributed by atoms with E-state index in [0.29, 0.717) is 22.5 Å². The van der Waals surface area contributed by atoms with E-state index in [1.807, 2.05) is 0 Å². The highest BCUT2D eigenvalue weighted by Gasteiger charge is 2.29. The predicted octanol–water partition coefficient (Wildman–Crippen LogP) is 0.609. The molecule has 2 N–H and O–H groups in total. The summed E-state index contributed by atoms with van der Waals surface area (Å²) in [5.74, 6) is -1.01. The van der Waals surface area contributed by atoms with Crippen LogP contribution in [0.1, 0.15) is 46.0 Å². The van der Waals surface area contributed by atoms with E-state index in [4.69, 9.17) is 9.05 Å². The van der Waals surface area contributed by atoms with Crippen molar-refractivity contribution in [2.45, 2.75) is 13.8 Å². The minimum atomic E-state index is -0.710. The highest BCUT2D eigenvalue weighted by Crippen LogP contribution is 2.08. The Kier molecular flexibility index (Phi) is 7.23. The molecule has 4 rings (SSSR count). The number of methoxy groups -OCH3 is 2. The van der Waals surface area contributed by atoms with Crippen LogP contribution in [0.3, 0.4) is 0 Å². The Labute approximate surface area is 213 Å². The number of esters is 2. The maximum Gasteiger partial charge on any atom is 0.437 e. The molecule has 0 aliphatic heterocycles. The molecule has 38 heavy (non-hydrogen) atoms. The number of rotatable bonds is 7. The first-order chi connectivity index (χ1) is 18.2. The summed E-state index contributed by atoms with van der Waals surface area (Å²) in [6.45, 7) is 3.07. The first kappa shape index (κ1) is 25.7. The number of carbonyl (C=O) groups is 2. The number of nitrogens with zero attached hydrogens (tertiary/aromatic N) is 4. The molecule has 4 aromatic rings. The molecule has 2 aromatic carbocycles. The Morgan fingerprint density at radius 1 is 0.684 bits per heavy atom. The zero-order valence-corrected chi connectivity index (χ0v) is 20.7. The van der Waals surface area contributed by atoms with Gasteiger partial charge in [0.15, 0.2) is 0 Å². The van der Waals surface area contributed by atoms with Crippen molar-refractivity contribution >= 4 is 23.4 Å². The minimum absolute atomic E-state index is 0.0414. The molecule has 2 aromatic heterocycles. The van der Waals surface area contributed by atoms with Gasteiger partial charge in [0, 0.05) is 24.3 Å². The highest BCUT2D eigenvalue weighted by molar-refractivity contribution is 5.98. The number of benzene rings is 2. The largest absolute Gasteiger partial charge is 0.465 e. The standard InChI is InChI=1S/C24H21N6O8/c1-13(19-23(33)37-27-29(19)17-9-5-15(6-10-17)21(31)35-3)25-26-14(2)20-24(34)38-28-30(20)18-11-7-16(8-12-18)22(32)36-4/h5-12,27H,1-4H3/q+1/p+1. The normalized spacial score (nSPS) is 11.9. The molecule has 0 aliphatic carbocycles. The van der Waals surface area contributed by atoms with Crippen LogP contribution in [0.4, 0.5) is 0 Å². The minimum Gasteiger partial charge on any atom is -0.465 e. The molecule has 0 saturated heterocycles. The quantitative estimate of drug-likeness (QED) is 0.153. The summed E-state index contributed by atoms with van der Waals surface area (Å²) in [7, 11) is 2.55. The third-order valence-electron chi connectivity index (χ3n) is 5.42. The average Bonchev–Trinajstić information content (AvgIpc) is 3.53. The third-order valence-corrected chi connectivity index (χ3v) is 5.42. The van der Waals surface area contributed by atoms with Crippen molar-refractivity contribution in [3.63, 3.8) is 0 Å². The first-order valence-corrected chi connectivity index (χ1v) is 11.0. The van der Waals surface area contributed by atoms with Crippen LogP contribution in [0, 0.1) is 0 Å². The lowest BCUT2D eigenvalue weighted by Gasteiger charge is -1.99. The van der Waals surface area contributed by atoms with E-state index in [0.717, 1.165) is 0 Å². The second-order valence-electron chi connectivity index (χ2n) is 7.78. The Bertz CT molecular complexity index is 1540. The summed E-state index contributed by atoms with van der Waals surface area (Å²) in [4.78, 5) is 48.2. The summed E-state index contributed by atoms with van der Waals surface area (Å²) in [5, 5.41) is 13.2. The van der Waals surface area contributed by atoms with Crippen LogP contribution in [0.15, 0.2) is 77.4 Å². The van der Waals surface area contributed by atoms with Crippen molar-refractivity contribution in [2.24, 2.45) is 10.2 Å². The van der Waals surface area contributed by atoms with Gasteiger partial charge in [0.05, 0.1) is 25.3 Å². The molecule has 0 atom stereocenters. The highest BCUT2D eigenvalue weighted by atomic mass is 16.5. The van der Waals surface area contributed by atoms with E-state index in [2.05, 4.69) is 30.2 Å². The number of aromatic nitrogens is 4. The van der Waals surface area contributed by atoms with E-state index in [9.17, 15) is 19.2 Å². The van der Waals surface area contributed by atoms with Gasteiger partial charge in [0.25, 0.3) is 0 Å². The van der Waals surface area contributed by atoms with Crippen molar-refractivity contribution < 1.29 is 37.5 Å². The molecule has 0 amide bonds. The lowest BCUT2D eigenvalue weighted by atomic mass is 10.2. The molecular weight excluding hydrogens is 500 g/mol. The lowest BCUT2D eigenvalue weighted by molar-refractivity contribution is -0.671. The number of carbonyl (C=O) groups excluding carboxylic acids is 2. The number of aromatic amines is 2. The molecule has 0 radical (unpaired) electrons. The monoisotopic (exact) mass is 522 g/mol. The van der Waals surface area contributed by atoms with Gasteiger partial charge in [-0.05, 0) is 58.0 Å². The molecule has 14 heteroatoms. The SMILES string of the molecule is COC(=O)c1ccc(-[n+]2[nH]oc(=O)c2/C(C)=N/N=C(\C)c2c(=O)o[nH][n+]2-c2ccc(C(=O)OC)cc2)cc1. The number of ether oxygens (including phenoxy) is 2. The van der Waals surface area contributed by atoms with Crippen LogP contribution in [0.25, 0.3) is 11.4 Å². The van der Waals surface area contributed by atoms with Gasteiger partial charge in [0.1, 0.15) is 11.4 Å². The number of hydrogen-bond donors (Lipinski definition) is 2. The number of hydrogen-bond acceptors (Lipinski definition) is 10. The van der Waals surface area contributed by atoms with Gasteiger partial charge >= 0.3 is 34.6 Å². The average molecular weight is 522 g/mol. The summed E-state index contributed by atoms with van der Waals surface area (Å²) in [6, 6.07) is 12.5. The molecule has 0 saturated carbocycles. The predicted molar refractivity (Wildman–Crippen MR) is 129 cm³/mol. The molecule has 0 spiro atoms. The third kappa shape index (κ3) is 4.95. The molecule has 194 valence electrons. The zero-order chi connectivity index (χ0) is 27.4. The summed E-state index contributed by atoms with van der Waals surface area (Å²) in [6.07, 6.45) is 0. The summed E-state index contributed by atoms with van der Waals surface area (Å²) in [5.41, 5.74) is 0.620. The Hall–Kier alpha value is -5.40. The fraction of sp³-hybridized carbons (Fsp3) is 0.167. The number of nitrogens with one attached hydrogen (secondary N) is 2. The van der Waals surface area contributed by atoms with Gasteiger partial charge in [0.2, 0.25) is 11.4 Å². The van der Waals surface area contributed by atoms with Crippen LogP contribution in [0.2, 0.25) is 0 Å². The maximum absolute atomic E-state index is 12.4. The molecule has 0 bridgehead atoms. The van der Waals surface area contributed by atoms with E-state index in [1.165, 1.54) is 61.7 Å². The molecular formula is C24H22N6O8+2. The molecule has 0 fully saturated rings. The van der Waals surface area contributed by atoms with Crippen molar-refractivity contribution in [3.8, 4) is 11.4 Å². The maximum atomic E-state index is 12.4. The van der Waals surface area contributed by atoms with Crippen molar-refractivity contribution in [1.29, 1.82) is 0 Å². The second kappa shape index (κ2) is 10.7. The summed E-state index contributed by atoms with van der Waals surface area (Å²) >= 11 is 0. The van der Waals surface area contributed by atoms with Gasteiger partial charge in [-0.3, -0.25) is 9.05 Å². The van der Waals surface area contributed by atoms with Gasteiger partial charge in [-0.15, -0.1) is 10.2 Å². The van der Waals surface area contributed by atoms with E-state index < -0.39 is 23.2 Å². The molecule has 0 aliphatic rings. The topological polar surface area (TPSA) is 177 Å². The first-order valence-electron chi connectivity index (χ1n) is 11.0. The fourth-order valence-corrected chi connectivity index (χ4v) is 3.50. The van der Waals surface area contributed by atoms with Gasteiger partial charge in [-0.1, -0.05) is 0 Å². The van der Waals surface area contributed by atoms with E-state index in [1.54, 1.807) is 24.3 Å². The van der Waals surface area contributed by atoms with Crippen molar-refractivity contribution in [1.82, 2.24) is 10.5 Å². The molecule has 2 heterocycles. The second-order valence-corrected chi connectivity index (χ2v) is 7.78.